The van der Waals surface area contributed by atoms with E-state index in [1.165, 1.54) is 25.5 Å². The SMILES string of the molecule is COc1cc(CNC(=O)[C@H]2CC(=O)N(Cc3ccco3)C2)ccc1OC(F)F. The minimum absolute atomic E-state index is 0.0810. The fourth-order valence-electron chi connectivity index (χ4n) is 3.04. The van der Waals surface area contributed by atoms with Crippen molar-refractivity contribution in [1.82, 2.24) is 10.2 Å². The summed E-state index contributed by atoms with van der Waals surface area (Å²) < 4.78 is 39.4. The molecule has 1 aliphatic rings. The number of halogens is 2. The summed E-state index contributed by atoms with van der Waals surface area (Å²) in [6, 6.07) is 7.95. The molecule has 2 aromatic rings. The molecule has 0 unspecified atom stereocenters. The summed E-state index contributed by atoms with van der Waals surface area (Å²) in [5.41, 5.74) is 0.656. The molecule has 1 aromatic carbocycles. The van der Waals surface area contributed by atoms with Gasteiger partial charge < -0.3 is 24.1 Å². The van der Waals surface area contributed by atoms with Crippen molar-refractivity contribution in [2.45, 2.75) is 26.1 Å². The van der Waals surface area contributed by atoms with E-state index in [1.54, 1.807) is 23.1 Å². The lowest BCUT2D eigenvalue weighted by Crippen LogP contribution is -2.32. The highest BCUT2D eigenvalue weighted by molar-refractivity contribution is 5.89. The highest BCUT2D eigenvalue weighted by Crippen LogP contribution is 2.29. The van der Waals surface area contributed by atoms with Crippen LogP contribution in [0.4, 0.5) is 8.78 Å². The second-order valence-corrected chi connectivity index (χ2v) is 6.34. The molecular formula is C19H20F2N2O5. The number of alkyl halides is 2. The van der Waals surface area contributed by atoms with E-state index in [4.69, 9.17) is 9.15 Å². The number of rotatable bonds is 8. The topological polar surface area (TPSA) is 81.0 Å². The van der Waals surface area contributed by atoms with Gasteiger partial charge in [0.25, 0.3) is 0 Å². The lowest BCUT2D eigenvalue weighted by molar-refractivity contribution is -0.129. The minimum Gasteiger partial charge on any atom is -0.493 e. The fourth-order valence-corrected chi connectivity index (χ4v) is 3.04. The lowest BCUT2D eigenvalue weighted by Gasteiger charge is -2.15. The number of nitrogens with zero attached hydrogens (tertiary/aromatic N) is 1. The van der Waals surface area contributed by atoms with E-state index in [1.807, 2.05) is 0 Å². The van der Waals surface area contributed by atoms with Crippen LogP contribution in [0, 0.1) is 5.92 Å². The number of furan rings is 1. The maximum atomic E-state index is 12.4. The monoisotopic (exact) mass is 394 g/mol. The van der Waals surface area contributed by atoms with Crippen molar-refractivity contribution in [3.05, 3.63) is 47.9 Å². The van der Waals surface area contributed by atoms with E-state index in [0.29, 0.717) is 24.4 Å². The van der Waals surface area contributed by atoms with Gasteiger partial charge in [-0.15, -0.1) is 0 Å². The number of methoxy groups -OCH3 is 1. The van der Waals surface area contributed by atoms with E-state index in [-0.39, 0.29) is 36.3 Å². The van der Waals surface area contributed by atoms with Gasteiger partial charge in [0, 0.05) is 19.5 Å². The van der Waals surface area contributed by atoms with E-state index in [2.05, 4.69) is 10.1 Å². The van der Waals surface area contributed by atoms with Crippen molar-refractivity contribution < 1.29 is 32.3 Å². The van der Waals surface area contributed by atoms with Crippen molar-refractivity contribution in [2.24, 2.45) is 5.92 Å². The number of likely N-dealkylation sites (tertiary alicyclic amines) is 1. The predicted octanol–water partition coefficient (Wildman–Crippen LogP) is 2.55. The third-order valence-corrected chi connectivity index (χ3v) is 4.42. The first-order chi connectivity index (χ1) is 13.5. The van der Waals surface area contributed by atoms with Crippen LogP contribution < -0.4 is 14.8 Å². The summed E-state index contributed by atoms with van der Waals surface area (Å²) in [7, 11) is 1.34. The minimum atomic E-state index is -2.96. The molecule has 2 amide bonds. The highest BCUT2D eigenvalue weighted by Gasteiger charge is 2.34. The zero-order valence-electron chi connectivity index (χ0n) is 15.2. The molecule has 0 bridgehead atoms. The molecule has 0 aliphatic carbocycles. The molecule has 150 valence electrons. The third-order valence-electron chi connectivity index (χ3n) is 4.42. The van der Waals surface area contributed by atoms with Gasteiger partial charge in [0.2, 0.25) is 11.8 Å². The number of carbonyl (C=O) groups excluding carboxylic acids is 2. The van der Waals surface area contributed by atoms with Gasteiger partial charge in [0.15, 0.2) is 11.5 Å². The first kappa shape index (κ1) is 19.7. The molecule has 1 aromatic heterocycles. The molecule has 2 heterocycles. The molecule has 1 saturated heterocycles. The molecular weight excluding hydrogens is 374 g/mol. The Bertz CT molecular complexity index is 826. The average molecular weight is 394 g/mol. The summed E-state index contributed by atoms with van der Waals surface area (Å²) >= 11 is 0. The first-order valence-electron chi connectivity index (χ1n) is 8.66. The Balaban J connectivity index is 1.54. The molecule has 28 heavy (non-hydrogen) atoms. The maximum absolute atomic E-state index is 12.4. The second kappa shape index (κ2) is 8.73. The molecule has 1 atom stereocenters. The van der Waals surface area contributed by atoms with Gasteiger partial charge in [-0.1, -0.05) is 6.07 Å². The first-order valence-corrected chi connectivity index (χ1v) is 8.66. The van der Waals surface area contributed by atoms with Gasteiger partial charge in [0.05, 0.1) is 25.8 Å². The van der Waals surface area contributed by atoms with Crippen LogP contribution in [-0.2, 0) is 22.7 Å². The summed E-state index contributed by atoms with van der Waals surface area (Å²) in [6.45, 7) is -2.13. The van der Waals surface area contributed by atoms with Gasteiger partial charge in [-0.25, -0.2) is 0 Å². The Labute approximate surface area is 160 Å². The van der Waals surface area contributed by atoms with E-state index < -0.39 is 12.5 Å². The third kappa shape index (κ3) is 4.79. The molecule has 0 spiro atoms. The molecule has 3 rings (SSSR count). The predicted molar refractivity (Wildman–Crippen MR) is 93.7 cm³/mol. The molecule has 1 fully saturated rings. The Morgan fingerprint density at radius 1 is 1.36 bits per heavy atom. The van der Waals surface area contributed by atoms with Crippen molar-refractivity contribution in [2.75, 3.05) is 13.7 Å². The van der Waals surface area contributed by atoms with Gasteiger partial charge in [-0.2, -0.15) is 8.78 Å². The zero-order chi connectivity index (χ0) is 20.1. The van der Waals surface area contributed by atoms with Crippen LogP contribution in [0.15, 0.2) is 41.0 Å². The molecule has 9 heteroatoms. The van der Waals surface area contributed by atoms with E-state index >= 15 is 0 Å². The van der Waals surface area contributed by atoms with Gasteiger partial charge in [-0.3, -0.25) is 9.59 Å². The largest absolute Gasteiger partial charge is 0.493 e. The summed E-state index contributed by atoms with van der Waals surface area (Å²) in [4.78, 5) is 26.1. The fraction of sp³-hybridized carbons (Fsp3) is 0.368. The second-order valence-electron chi connectivity index (χ2n) is 6.34. The van der Waals surface area contributed by atoms with Crippen LogP contribution in [-0.4, -0.2) is 37.0 Å². The molecule has 0 radical (unpaired) electrons. The standard InChI is InChI=1S/C19H20F2N2O5/c1-26-16-7-12(4-5-15(16)28-19(20)21)9-22-18(25)13-8-17(24)23(10-13)11-14-3-2-6-27-14/h2-7,13,19H,8-11H2,1H3,(H,22,25)/t13-/m0/s1. The van der Waals surface area contributed by atoms with Crippen LogP contribution in [0.3, 0.4) is 0 Å². The maximum Gasteiger partial charge on any atom is 0.387 e. The smallest absolute Gasteiger partial charge is 0.387 e. The number of benzene rings is 1. The van der Waals surface area contributed by atoms with Crippen molar-refractivity contribution >= 4 is 11.8 Å². The number of carbonyl (C=O) groups is 2. The Morgan fingerprint density at radius 2 is 2.18 bits per heavy atom. The van der Waals surface area contributed by atoms with Gasteiger partial charge >= 0.3 is 6.61 Å². The van der Waals surface area contributed by atoms with Crippen LogP contribution in [0.5, 0.6) is 11.5 Å². The van der Waals surface area contributed by atoms with Crippen molar-refractivity contribution in [3.8, 4) is 11.5 Å². The Morgan fingerprint density at radius 3 is 2.86 bits per heavy atom. The quantitative estimate of drug-likeness (QED) is 0.744. The number of ether oxygens (including phenoxy) is 2. The summed E-state index contributed by atoms with van der Waals surface area (Å²) in [5, 5.41) is 2.77. The average Bonchev–Trinajstić information content (AvgIpc) is 3.30. The normalized spacial score (nSPS) is 16.5. The lowest BCUT2D eigenvalue weighted by atomic mass is 10.1. The zero-order valence-corrected chi connectivity index (χ0v) is 15.2. The van der Waals surface area contributed by atoms with E-state index in [0.717, 1.165) is 0 Å². The van der Waals surface area contributed by atoms with Crippen LogP contribution in [0.25, 0.3) is 0 Å². The summed E-state index contributed by atoms with van der Waals surface area (Å²) in [6.07, 6.45) is 1.67. The van der Waals surface area contributed by atoms with E-state index in [9.17, 15) is 18.4 Å². The Hall–Kier alpha value is -3.10. The number of nitrogens with one attached hydrogen (secondary N) is 1. The highest BCUT2D eigenvalue weighted by atomic mass is 19.3. The van der Waals surface area contributed by atoms with Crippen LogP contribution in [0.1, 0.15) is 17.7 Å². The molecule has 0 saturated carbocycles. The number of hydrogen-bond acceptors (Lipinski definition) is 5. The van der Waals surface area contributed by atoms with Crippen molar-refractivity contribution in [1.29, 1.82) is 0 Å². The number of amides is 2. The Kier molecular flexibility index (Phi) is 6.13. The summed E-state index contributed by atoms with van der Waals surface area (Å²) in [5.74, 6) is -0.0810. The van der Waals surface area contributed by atoms with Crippen LogP contribution >= 0.6 is 0 Å². The van der Waals surface area contributed by atoms with Gasteiger partial charge in [0.1, 0.15) is 5.76 Å². The molecule has 1 aliphatic heterocycles. The molecule has 1 N–H and O–H groups in total. The van der Waals surface area contributed by atoms with Gasteiger partial charge in [-0.05, 0) is 29.8 Å². The van der Waals surface area contributed by atoms with Crippen molar-refractivity contribution in [3.63, 3.8) is 0 Å². The van der Waals surface area contributed by atoms with Crippen LogP contribution in [0.2, 0.25) is 0 Å². The molecule has 7 nitrogen and oxygen atoms in total. The number of hydrogen-bond donors (Lipinski definition) is 1.